The van der Waals surface area contributed by atoms with Crippen molar-refractivity contribution in [2.24, 2.45) is 0 Å². The lowest BCUT2D eigenvalue weighted by molar-refractivity contribution is 1.11. The third-order valence-electron chi connectivity index (χ3n) is 2.98. The summed E-state index contributed by atoms with van der Waals surface area (Å²) in [5, 5.41) is 8.98. The SMILES string of the molecule is Nc1nc2ccc(-c3nnc4ccccn34)cc2s1. The largest absolute Gasteiger partial charge is 0.375 e. The molecule has 0 aliphatic heterocycles. The molecule has 5 nitrogen and oxygen atoms in total. The zero-order valence-corrected chi connectivity index (χ0v) is 10.6. The summed E-state index contributed by atoms with van der Waals surface area (Å²) in [6.45, 7) is 0. The van der Waals surface area contributed by atoms with E-state index in [2.05, 4.69) is 15.2 Å². The van der Waals surface area contributed by atoms with Crippen molar-refractivity contribution in [3.63, 3.8) is 0 Å². The Morgan fingerprint density at radius 2 is 2.05 bits per heavy atom. The standard InChI is InChI=1S/C13H9N5S/c14-13-15-9-5-4-8(7-10(9)19-13)12-17-16-11-3-1-2-6-18(11)12/h1-7H,(H2,14,15). The first-order valence-corrected chi connectivity index (χ1v) is 6.59. The Hall–Kier alpha value is -2.47. The van der Waals surface area contributed by atoms with Gasteiger partial charge in [0.15, 0.2) is 16.6 Å². The minimum absolute atomic E-state index is 0.582. The Labute approximate surface area is 112 Å². The minimum Gasteiger partial charge on any atom is -0.375 e. The molecule has 2 N–H and O–H groups in total. The number of hydrogen-bond acceptors (Lipinski definition) is 5. The normalized spacial score (nSPS) is 11.4. The fourth-order valence-corrected chi connectivity index (χ4v) is 2.89. The van der Waals surface area contributed by atoms with Crippen LogP contribution in [0.2, 0.25) is 0 Å². The Morgan fingerprint density at radius 1 is 1.11 bits per heavy atom. The highest BCUT2D eigenvalue weighted by molar-refractivity contribution is 7.22. The van der Waals surface area contributed by atoms with Gasteiger partial charge in [-0.3, -0.25) is 4.40 Å². The quantitative estimate of drug-likeness (QED) is 0.575. The van der Waals surface area contributed by atoms with Crippen LogP contribution in [0, 0.1) is 0 Å². The van der Waals surface area contributed by atoms with E-state index in [4.69, 9.17) is 5.73 Å². The van der Waals surface area contributed by atoms with Crippen LogP contribution in [-0.4, -0.2) is 19.6 Å². The van der Waals surface area contributed by atoms with Gasteiger partial charge in [-0.15, -0.1) is 10.2 Å². The number of benzene rings is 1. The maximum Gasteiger partial charge on any atom is 0.181 e. The van der Waals surface area contributed by atoms with Gasteiger partial charge in [0.2, 0.25) is 0 Å². The van der Waals surface area contributed by atoms with E-state index >= 15 is 0 Å². The second-order valence-electron chi connectivity index (χ2n) is 4.19. The molecule has 4 aromatic rings. The van der Waals surface area contributed by atoms with Gasteiger partial charge in [0, 0.05) is 11.8 Å². The maximum absolute atomic E-state index is 5.72. The van der Waals surface area contributed by atoms with Crippen molar-refractivity contribution in [3.05, 3.63) is 42.6 Å². The van der Waals surface area contributed by atoms with E-state index in [1.54, 1.807) is 0 Å². The lowest BCUT2D eigenvalue weighted by Crippen LogP contribution is -1.88. The molecular formula is C13H9N5S. The molecule has 0 radical (unpaired) electrons. The monoisotopic (exact) mass is 267 g/mol. The number of pyridine rings is 1. The third kappa shape index (κ3) is 1.57. The molecule has 19 heavy (non-hydrogen) atoms. The highest BCUT2D eigenvalue weighted by Crippen LogP contribution is 2.28. The molecule has 3 aromatic heterocycles. The Balaban J connectivity index is 1.98. The van der Waals surface area contributed by atoms with E-state index in [0.29, 0.717) is 5.13 Å². The summed E-state index contributed by atoms with van der Waals surface area (Å²) >= 11 is 1.48. The van der Waals surface area contributed by atoms with E-state index < -0.39 is 0 Å². The maximum atomic E-state index is 5.72. The van der Waals surface area contributed by atoms with Crippen LogP contribution < -0.4 is 5.73 Å². The number of nitrogens with zero attached hydrogens (tertiary/aromatic N) is 4. The van der Waals surface area contributed by atoms with Crippen LogP contribution in [0.3, 0.4) is 0 Å². The van der Waals surface area contributed by atoms with Crippen LogP contribution >= 0.6 is 11.3 Å². The summed E-state index contributed by atoms with van der Waals surface area (Å²) in [4.78, 5) is 4.25. The van der Waals surface area contributed by atoms with Gasteiger partial charge in [-0.05, 0) is 30.3 Å². The number of hydrogen-bond donors (Lipinski definition) is 1. The first-order chi connectivity index (χ1) is 9.31. The van der Waals surface area contributed by atoms with Crippen LogP contribution in [-0.2, 0) is 0 Å². The average molecular weight is 267 g/mol. The summed E-state index contributed by atoms with van der Waals surface area (Å²) in [6.07, 6.45) is 1.95. The zero-order valence-electron chi connectivity index (χ0n) is 9.82. The zero-order chi connectivity index (χ0) is 12.8. The summed E-state index contributed by atoms with van der Waals surface area (Å²) in [5.74, 6) is 0.824. The number of nitrogen functional groups attached to an aromatic ring is 1. The van der Waals surface area contributed by atoms with Gasteiger partial charge >= 0.3 is 0 Å². The molecule has 0 saturated carbocycles. The summed E-state index contributed by atoms with van der Waals surface area (Å²) < 4.78 is 3.02. The van der Waals surface area contributed by atoms with Crippen molar-refractivity contribution in [1.29, 1.82) is 0 Å². The molecule has 0 aliphatic rings. The molecule has 92 valence electrons. The molecular weight excluding hydrogens is 258 g/mol. The Kier molecular flexibility index (Phi) is 2.07. The van der Waals surface area contributed by atoms with Crippen LogP contribution in [0.4, 0.5) is 5.13 Å². The highest BCUT2D eigenvalue weighted by Gasteiger charge is 2.09. The number of rotatable bonds is 1. The highest BCUT2D eigenvalue weighted by atomic mass is 32.1. The van der Waals surface area contributed by atoms with E-state index in [1.165, 1.54) is 11.3 Å². The molecule has 0 amide bonds. The van der Waals surface area contributed by atoms with Gasteiger partial charge in [-0.25, -0.2) is 4.98 Å². The van der Waals surface area contributed by atoms with Crippen LogP contribution in [0.5, 0.6) is 0 Å². The summed E-state index contributed by atoms with van der Waals surface area (Å²) in [6, 6.07) is 11.8. The molecule has 3 heterocycles. The predicted octanol–water partition coefficient (Wildman–Crippen LogP) is 2.59. The number of aromatic nitrogens is 4. The second kappa shape index (κ2) is 3.76. The molecule has 0 fully saturated rings. The average Bonchev–Trinajstić information content (AvgIpc) is 2.99. The second-order valence-corrected chi connectivity index (χ2v) is 5.25. The van der Waals surface area contributed by atoms with Gasteiger partial charge in [-0.1, -0.05) is 17.4 Å². The first kappa shape index (κ1) is 10.5. The van der Waals surface area contributed by atoms with Crippen molar-refractivity contribution < 1.29 is 0 Å². The van der Waals surface area contributed by atoms with E-state index in [0.717, 1.165) is 27.3 Å². The molecule has 4 rings (SSSR count). The molecule has 0 atom stereocenters. The molecule has 1 aromatic carbocycles. The van der Waals surface area contributed by atoms with Crippen molar-refractivity contribution >= 4 is 32.3 Å². The lowest BCUT2D eigenvalue weighted by atomic mass is 10.2. The smallest absolute Gasteiger partial charge is 0.181 e. The van der Waals surface area contributed by atoms with Gasteiger partial charge in [0.25, 0.3) is 0 Å². The van der Waals surface area contributed by atoms with Gasteiger partial charge in [-0.2, -0.15) is 0 Å². The van der Waals surface area contributed by atoms with Crippen molar-refractivity contribution in [1.82, 2.24) is 19.6 Å². The molecule has 6 heteroatoms. The Morgan fingerprint density at radius 3 is 3.00 bits per heavy atom. The van der Waals surface area contributed by atoms with Crippen LogP contribution in [0.15, 0.2) is 42.6 Å². The minimum atomic E-state index is 0.582. The third-order valence-corrected chi connectivity index (χ3v) is 3.82. The summed E-state index contributed by atoms with van der Waals surface area (Å²) in [5.41, 5.74) is 8.48. The van der Waals surface area contributed by atoms with Gasteiger partial charge in [0.1, 0.15) is 0 Å². The van der Waals surface area contributed by atoms with Gasteiger partial charge < -0.3 is 5.73 Å². The summed E-state index contributed by atoms with van der Waals surface area (Å²) in [7, 11) is 0. The number of fused-ring (bicyclic) bond motifs is 2. The topological polar surface area (TPSA) is 69.1 Å². The lowest BCUT2D eigenvalue weighted by Gasteiger charge is -1.99. The van der Waals surface area contributed by atoms with Crippen molar-refractivity contribution in [3.8, 4) is 11.4 Å². The molecule has 0 bridgehead atoms. The fraction of sp³-hybridized carbons (Fsp3) is 0. The van der Waals surface area contributed by atoms with Crippen LogP contribution in [0.25, 0.3) is 27.3 Å². The first-order valence-electron chi connectivity index (χ1n) is 5.77. The predicted molar refractivity (Wildman–Crippen MR) is 76.0 cm³/mol. The van der Waals surface area contributed by atoms with Gasteiger partial charge in [0.05, 0.1) is 10.2 Å². The van der Waals surface area contributed by atoms with E-state index in [-0.39, 0.29) is 0 Å². The van der Waals surface area contributed by atoms with Crippen molar-refractivity contribution in [2.75, 3.05) is 5.73 Å². The van der Waals surface area contributed by atoms with Crippen LogP contribution in [0.1, 0.15) is 0 Å². The number of thiazole rings is 1. The number of nitrogens with two attached hydrogens (primary N) is 1. The number of anilines is 1. The molecule has 0 aliphatic carbocycles. The van der Waals surface area contributed by atoms with Crippen molar-refractivity contribution in [2.45, 2.75) is 0 Å². The Bertz CT molecular complexity index is 892. The van der Waals surface area contributed by atoms with E-state index in [9.17, 15) is 0 Å². The molecule has 0 unspecified atom stereocenters. The molecule has 0 saturated heterocycles. The fourth-order valence-electron chi connectivity index (χ4n) is 2.12. The van der Waals surface area contributed by atoms with E-state index in [1.807, 2.05) is 47.0 Å². The molecule has 0 spiro atoms.